The van der Waals surface area contributed by atoms with Crippen molar-refractivity contribution < 1.29 is 59.4 Å². The third-order valence-electron chi connectivity index (χ3n) is 7.39. The molecule has 53 heavy (non-hydrogen) atoms. The second kappa shape index (κ2) is 23.3. The summed E-state index contributed by atoms with van der Waals surface area (Å²) in [6.07, 6.45) is 6.98. The van der Waals surface area contributed by atoms with Crippen LogP contribution in [0.4, 0.5) is 0 Å². The summed E-state index contributed by atoms with van der Waals surface area (Å²) in [5, 5.41) is 52.2. The zero-order valence-electron chi connectivity index (χ0n) is 30.4. The average molecular weight is 761 g/mol. The number of aryl methyl sites for hydroxylation is 2. The Morgan fingerprint density at radius 1 is 0.679 bits per heavy atom. The minimum atomic E-state index is -1.26. The topological polar surface area (TPSA) is 238 Å². The smallest absolute Gasteiger partial charge is 0.328 e. The maximum Gasteiger partial charge on any atom is 0.328 e. The van der Waals surface area contributed by atoms with Crippen molar-refractivity contribution in [2.75, 3.05) is 54.4 Å². The number of benzene rings is 1. The molecule has 0 atom stereocenters. The number of hydrogen-bond acceptors (Lipinski definition) is 10. The normalized spacial score (nSPS) is 12.7. The van der Waals surface area contributed by atoms with Gasteiger partial charge in [-0.2, -0.15) is 0 Å². The number of thiophene rings is 1. The molecule has 290 valence electrons. The highest BCUT2D eigenvalue weighted by Crippen LogP contribution is 2.39. The van der Waals surface area contributed by atoms with E-state index in [1.807, 2.05) is 11.3 Å². The largest absolute Gasteiger partial charge is 0.478 e. The summed E-state index contributed by atoms with van der Waals surface area (Å²) < 4.78 is 4.09. The van der Waals surface area contributed by atoms with Crippen molar-refractivity contribution in [2.24, 2.45) is 0 Å². The molecule has 4 rings (SSSR count). The molecule has 1 aliphatic heterocycles. The third kappa shape index (κ3) is 17.6. The number of aliphatic carboxylic acids is 6. The molecule has 16 nitrogen and oxygen atoms in total. The van der Waals surface area contributed by atoms with Crippen LogP contribution < -0.4 is 0 Å². The molecule has 0 amide bonds. The zero-order valence-corrected chi connectivity index (χ0v) is 31.2. The first kappa shape index (κ1) is 45.7. The van der Waals surface area contributed by atoms with Crippen molar-refractivity contribution in [1.82, 2.24) is 19.3 Å². The fourth-order valence-corrected chi connectivity index (χ4v) is 6.26. The molecule has 0 spiro atoms. The first-order chi connectivity index (χ1) is 24.8. The van der Waals surface area contributed by atoms with Gasteiger partial charge in [0.05, 0.1) is 0 Å². The number of nitrogens with zero attached hydrogens (tertiary/aromatic N) is 4. The third-order valence-corrected chi connectivity index (χ3v) is 8.45. The molecule has 0 bridgehead atoms. The summed E-state index contributed by atoms with van der Waals surface area (Å²) in [7, 11) is 8.69. The van der Waals surface area contributed by atoms with Crippen molar-refractivity contribution in [3.05, 3.63) is 70.8 Å². The highest BCUT2D eigenvalue weighted by atomic mass is 32.1. The predicted octanol–water partition coefficient (Wildman–Crippen LogP) is 3.56. The van der Waals surface area contributed by atoms with Gasteiger partial charge in [0.15, 0.2) is 0 Å². The van der Waals surface area contributed by atoms with Gasteiger partial charge < -0.3 is 45.0 Å². The van der Waals surface area contributed by atoms with E-state index in [2.05, 4.69) is 71.9 Å². The maximum absolute atomic E-state index is 9.55. The molecular formula is C36H48N4O12S. The zero-order chi connectivity index (χ0) is 40.2. The van der Waals surface area contributed by atoms with E-state index in [1.165, 1.54) is 60.1 Å². The lowest BCUT2D eigenvalue weighted by Crippen LogP contribution is -2.33. The molecule has 2 aromatic heterocycles. The Labute approximate surface area is 310 Å². The Hall–Kier alpha value is -5.36. The van der Waals surface area contributed by atoms with Crippen LogP contribution in [0.3, 0.4) is 0 Å². The van der Waals surface area contributed by atoms with Gasteiger partial charge in [-0.3, -0.25) is 4.90 Å². The average Bonchev–Trinajstić information content (AvgIpc) is 3.59. The molecule has 0 saturated carbocycles. The van der Waals surface area contributed by atoms with Crippen LogP contribution in [0, 0.1) is 6.92 Å². The Morgan fingerprint density at radius 2 is 1.11 bits per heavy atom. The summed E-state index contributed by atoms with van der Waals surface area (Å²) >= 11 is 1.89. The van der Waals surface area contributed by atoms with Gasteiger partial charge >= 0.3 is 35.8 Å². The van der Waals surface area contributed by atoms with E-state index in [1.54, 1.807) is 16.6 Å². The Morgan fingerprint density at radius 3 is 1.53 bits per heavy atom. The monoisotopic (exact) mass is 760 g/mol. The molecule has 3 aromatic rings. The molecule has 0 radical (unpaired) electrons. The van der Waals surface area contributed by atoms with E-state index in [0.717, 1.165) is 19.6 Å². The van der Waals surface area contributed by atoms with Crippen LogP contribution in [0.25, 0.3) is 21.0 Å². The summed E-state index contributed by atoms with van der Waals surface area (Å²) in [6.45, 7) is 9.22. The molecule has 6 N–H and O–H groups in total. The molecule has 1 aromatic carbocycles. The second-order valence-electron chi connectivity index (χ2n) is 12.2. The predicted molar refractivity (Wildman–Crippen MR) is 201 cm³/mol. The van der Waals surface area contributed by atoms with Crippen molar-refractivity contribution in [1.29, 1.82) is 0 Å². The summed E-state index contributed by atoms with van der Waals surface area (Å²) in [5.74, 6) is -7.54. The quantitative estimate of drug-likeness (QED) is 0.129. The van der Waals surface area contributed by atoms with E-state index in [9.17, 15) is 28.8 Å². The van der Waals surface area contributed by atoms with Crippen molar-refractivity contribution in [3.8, 4) is 0 Å². The van der Waals surface area contributed by atoms with E-state index in [-0.39, 0.29) is 0 Å². The lowest BCUT2D eigenvalue weighted by molar-refractivity contribution is -0.134. The summed E-state index contributed by atoms with van der Waals surface area (Å²) in [5.41, 5.74) is 6.10. The molecule has 17 heteroatoms. The lowest BCUT2D eigenvalue weighted by Gasteiger charge is -2.28. The van der Waals surface area contributed by atoms with E-state index < -0.39 is 35.8 Å². The summed E-state index contributed by atoms with van der Waals surface area (Å²) in [4.78, 5) is 64.6. The number of carboxylic acid groups (broad SMARTS) is 6. The fraction of sp³-hybridized carbons (Fsp3) is 0.389. The van der Waals surface area contributed by atoms with Crippen LogP contribution in [0.1, 0.15) is 29.7 Å². The number of hydrogen-bond donors (Lipinski definition) is 6. The highest BCUT2D eigenvalue weighted by molar-refractivity contribution is 7.17. The van der Waals surface area contributed by atoms with Gasteiger partial charge in [-0.15, -0.1) is 11.3 Å². The van der Waals surface area contributed by atoms with Gasteiger partial charge in [0.1, 0.15) is 0 Å². The van der Waals surface area contributed by atoms with Gasteiger partial charge in [0.25, 0.3) is 0 Å². The minimum absolute atomic E-state index is 0.558. The van der Waals surface area contributed by atoms with Crippen molar-refractivity contribution in [2.45, 2.75) is 39.3 Å². The van der Waals surface area contributed by atoms with E-state index in [4.69, 9.17) is 30.6 Å². The van der Waals surface area contributed by atoms with Gasteiger partial charge in [0, 0.05) is 89.2 Å². The molecule has 1 aliphatic rings. The standard InChI is InChI=1S/C24H36N4S.3C4H4O4/c1-18-17-29-22-9-8-21-24(23(18)22)19-16-27(13-6-11-25(2)3)15-10-20(19)28(21)14-7-12-26(4)5;3*5-3(6)1-2-4(7)8/h8-9,17H,6-7,10-16H2,1-5H3;3*1-2H,(H,5,6)(H,7,8)/b;3*2-1-. The molecule has 0 saturated heterocycles. The lowest BCUT2D eigenvalue weighted by atomic mass is 10.0. The maximum atomic E-state index is 9.55. The number of carbonyl (C=O) groups is 6. The number of aromatic nitrogens is 1. The molecular weight excluding hydrogens is 712 g/mol. The molecule has 0 unspecified atom stereocenters. The van der Waals surface area contributed by atoms with Gasteiger partial charge in [-0.05, 0) is 96.2 Å². The Balaban J connectivity index is 0.000000477. The van der Waals surface area contributed by atoms with Crippen LogP contribution >= 0.6 is 11.3 Å². The van der Waals surface area contributed by atoms with Crippen molar-refractivity contribution in [3.63, 3.8) is 0 Å². The fourth-order valence-electron chi connectivity index (χ4n) is 5.31. The van der Waals surface area contributed by atoms with Crippen LogP contribution in [-0.2, 0) is 48.3 Å². The Bertz CT molecular complexity index is 1690. The van der Waals surface area contributed by atoms with Crippen LogP contribution in [0.5, 0.6) is 0 Å². The molecule has 0 aliphatic carbocycles. The van der Waals surface area contributed by atoms with E-state index >= 15 is 0 Å². The molecule has 0 fully saturated rings. The first-order valence-electron chi connectivity index (χ1n) is 16.3. The SMILES string of the molecule is Cc1csc2ccc3c(c4c(n3CCCN(C)C)CCN(CCCN(C)C)C4)c12.O=C(O)/C=C\C(=O)O.O=C(O)/C=C\C(=O)O.O=C(O)/C=C\C(=O)O. The first-order valence-corrected chi connectivity index (χ1v) is 17.2. The van der Waals surface area contributed by atoms with Gasteiger partial charge in [-0.25, -0.2) is 28.8 Å². The number of carboxylic acids is 6. The highest BCUT2D eigenvalue weighted by Gasteiger charge is 2.25. The van der Waals surface area contributed by atoms with E-state index in [0.29, 0.717) is 36.5 Å². The number of rotatable bonds is 14. The van der Waals surface area contributed by atoms with Gasteiger partial charge in [0.2, 0.25) is 0 Å². The molecule has 3 heterocycles. The minimum Gasteiger partial charge on any atom is -0.478 e. The van der Waals surface area contributed by atoms with Crippen LogP contribution in [0.15, 0.2) is 54.0 Å². The van der Waals surface area contributed by atoms with Crippen molar-refractivity contribution >= 4 is 68.1 Å². The van der Waals surface area contributed by atoms with Crippen LogP contribution in [0.2, 0.25) is 0 Å². The summed E-state index contributed by atoms with van der Waals surface area (Å²) in [6, 6.07) is 4.73. The number of fused-ring (bicyclic) bond motifs is 5. The van der Waals surface area contributed by atoms with Gasteiger partial charge in [-0.1, -0.05) is 0 Å². The van der Waals surface area contributed by atoms with Crippen LogP contribution in [-0.4, -0.2) is 140 Å². The Kier molecular flexibility index (Phi) is 20.0. The second-order valence-corrected chi connectivity index (χ2v) is 13.1.